The quantitative estimate of drug-likeness (QED) is 0.654. The Morgan fingerprint density at radius 3 is 2.55 bits per heavy atom. The molecule has 0 radical (unpaired) electrons. The van der Waals surface area contributed by atoms with Crippen LogP contribution in [-0.4, -0.2) is 11.3 Å². The Hall–Kier alpha value is -1.05. The van der Waals surface area contributed by atoms with Crippen molar-refractivity contribution < 1.29 is 9.50 Å². The standard InChI is InChI=1S/C9H9FO/c10-8-5-7(8)6-3-1-2-4-9(6)11/h1-4,7-8,11H,5H2. The van der Waals surface area contributed by atoms with E-state index >= 15 is 0 Å². The van der Waals surface area contributed by atoms with E-state index < -0.39 is 6.17 Å². The minimum Gasteiger partial charge on any atom is -0.508 e. The molecule has 1 saturated carbocycles. The first-order valence-corrected chi connectivity index (χ1v) is 3.71. The number of phenols is 1. The topological polar surface area (TPSA) is 20.2 Å². The molecule has 1 aromatic carbocycles. The molecule has 1 aliphatic carbocycles. The van der Waals surface area contributed by atoms with Gasteiger partial charge in [-0.2, -0.15) is 0 Å². The van der Waals surface area contributed by atoms with Crippen molar-refractivity contribution in [3.8, 4) is 5.75 Å². The van der Waals surface area contributed by atoms with Crippen LogP contribution in [-0.2, 0) is 0 Å². The van der Waals surface area contributed by atoms with Crippen molar-refractivity contribution >= 4 is 0 Å². The van der Waals surface area contributed by atoms with Gasteiger partial charge in [0.25, 0.3) is 0 Å². The first kappa shape index (κ1) is 6.65. The van der Waals surface area contributed by atoms with Crippen LogP contribution in [0, 0.1) is 0 Å². The second-order valence-electron chi connectivity index (χ2n) is 2.92. The van der Waals surface area contributed by atoms with Crippen LogP contribution < -0.4 is 0 Å². The number of alkyl halides is 1. The van der Waals surface area contributed by atoms with Gasteiger partial charge in [0.1, 0.15) is 11.9 Å². The van der Waals surface area contributed by atoms with Crippen molar-refractivity contribution in [2.75, 3.05) is 0 Å². The summed E-state index contributed by atoms with van der Waals surface area (Å²) in [5, 5.41) is 9.27. The van der Waals surface area contributed by atoms with Crippen LogP contribution in [0.25, 0.3) is 0 Å². The lowest BCUT2D eigenvalue weighted by Crippen LogP contribution is -1.82. The van der Waals surface area contributed by atoms with Gasteiger partial charge in [0.2, 0.25) is 0 Å². The predicted molar refractivity (Wildman–Crippen MR) is 40.4 cm³/mol. The van der Waals surface area contributed by atoms with Gasteiger partial charge in [-0.25, -0.2) is 4.39 Å². The highest BCUT2D eigenvalue weighted by molar-refractivity contribution is 5.38. The van der Waals surface area contributed by atoms with E-state index in [0.29, 0.717) is 6.42 Å². The fraction of sp³-hybridized carbons (Fsp3) is 0.333. The Balaban J connectivity index is 2.31. The van der Waals surface area contributed by atoms with Gasteiger partial charge in [-0.05, 0) is 18.1 Å². The highest BCUT2D eigenvalue weighted by Gasteiger charge is 2.39. The van der Waals surface area contributed by atoms with E-state index in [1.807, 2.05) is 6.07 Å². The molecule has 0 amide bonds. The van der Waals surface area contributed by atoms with Gasteiger partial charge in [0.05, 0.1) is 0 Å². The molecule has 1 aliphatic rings. The molecule has 2 heteroatoms. The number of hydrogen-bond acceptors (Lipinski definition) is 1. The van der Waals surface area contributed by atoms with Gasteiger partial charge < -0.3 is 5.11 Å². The van der Waals surface area contributed by atoms with E-state index in [4.69, 9.17) is 0 Å². The molecule has 1 aromatic rings. The smallest absolute Gasteiger partial charge is 0.119 e. The van der Waals surface area contributed by atoms with E-state index in [0.717, 1.165) is 5.56 Å². The number of rotatable bonds is 1. The molecule has 0 bridgehead atoms. The van der Waals surface area contributed by atoms with Crippen LogP contribution in [0.3, 0.4) is 0 Å². The van der Waals surface area contributed by atoms with Gasteiger partial charge in [-0.15, -0.1) is 0 Å². The lowest BCUT2D eigenvalue weighted by molar-refractivity contribution is 0.449. The third-order valence-electron chi connectivity index (χ3n) is 2.05. The monoisotopic (exact) mass is 152 g/mol. The van der Waals surface area contributed by atoms with Crippen molar-refractivity contribution in [2.45, 2.75) is 18.5 Å². The van der Waals surface area contributed by atoms with Gasteiger partial charge >= 0.3 is 0 Å². The molecule has 0 aliphatic heterocycles. The largest absolute Gasteiger partial charge is 0.508 e. The molecular weight excluding hydrogens is 143 g/mol. The van der Waals surface area contributed by atoms with E-state index in [2.05, 4.69) is 0 Å². The summed E-state index contributed by atoms with van der Waals surface area (Å²) in [6.45, 7) is 0. The molecule has 11 heavy (non-hydrogen) atoms. The maximum atomic E-state index is 12.5. The van der Waals surface area contributed by atoms with Gasteiger partial charge in [0, 0.05) is 5.92 Å². The molecule has 1 nitrogen and oxygen atoms in total. The Labute approximate surface area is 64.5 Å². The maximum absolute atomic E-state index is 12.5. The number of aromatic hydroxyl groups is 1. The van der Waals surface area contributed by atoms with E-state index in [9.17, 15) is 9.50 Å². The number of halogens is 1. The summed E-state index contributed by atoms with van der Waals surface area (Å²) in [4.78, 5) is 0. The molecule has 58 valence electrons. The third-order valence-corrected chi connectivity index (χ3v) is 2.05. The van der Waals surface area contributed by atoms with Crippen molar-refractivity contribution in [2.24, 2.45) is 0 Å². The summed E-state index contributed by atoms with van der Waals surface area (Å²) >= 11 is 0. The molecular formula is C9H9FO. The second kappa shape index (κ2) is 2.22. The lowest BCUT2D eigenvalue weighted by atomic mass is 10.1. The molecule has 1 N–H and O–H groups in total. The van der Waals surface area contributed by atoms with Gasteiger partial charge in [0.15, 0.2) is 0 Å². The average molecular weight is 152 g/mol. The van der Waals surface area contributed by atoms with E-state index in [1.54, 1.807) is 18.2 Å². The van der Waals surface area contributed by atoms with Crippen LogP contribution >= 0.6 is 0 Å². The summed E-state index contributed by atoms with van der Waals surface area (Å²) in [6.07, 6.45) is -0.166. The van der Waals surface area contributed by atoms with E-state index in [1.165, 1.54) is 0 Å². The maximum Gasteiger partial charge on any atom is 0.119 e. The average Bonchev–Trinajstić information content (AvgIpc) is 2.68. The Morgan fingerprint density at radius 2 is 2.00 bits per heavy atom. The van der Waals surface area contributed by atoms with Crippen LogP contribution in [0.1, 0.15) is 17.9 Å². The number of phenolic OH excluding ortho intramolecular Hbond substituents is 1. The zero-order valence-corrected chi connectivity index (χ0v) is 6.00. The van der Waals surface area contributed by atoms with Crippen LogP contribution in [0.15, 0.2) is 24.3 Å². The van der Waals surface area contributed by atoms with Gasteiger partial charge in [-0.3, -0.25) is 0 Å². The van der Waals surface area contributed by atoms with Crippen molar-refractivity contribution in [3.05, 3.63) is 29.8 Å². The first-order valence-electron chi connectivity index (χ1n) is 3.71. The van der Waals surface area contributed by atoms with Crippen molar-refractivity contribution in [3.63, 3.8) is 0 Å². The third kappa shape index (κ3) is 1.09. The molecule has 0 saturated heterocycles. The summed E-state index contributed by atoms with van der Waals surface area (Å²) in [5.41, 5.74) is 0.750. The molecule has 2 unspecified atom stereocenters. The van der Waals surface area contributed by atoms with Gasteiger partial charge in [-0.1, -0.05) is 18.2 Å². The fourth-order valence-corrected chi connectivity index (χ4v) is 1.29. The fourth-order valence-electron chi connectivity index (χ4n) is 1.29. The Bertz CT molecular complexity index is 272. The normalized spacial score (nSPS) is 28.5. The molecule has 2 atom stereocenters. The molecule has 0 heterocycles. The second-order valence-corrected chi connectivity index (χ2v) is 2.92. The number of hydrogen-bond donors (Lipinski definition) is 1. The summed E-state index contributed by atoms with van der Waals surface area (Å²) in [6, 6.07) is 6.94. The Kier molecular flexibility index (Phi) is 1.34. The minimum absolute atomic E-state index is 0.0452. The predicted octanol–water partition coefficient (Wildman–Crippen LogP) is 2.22. The molecule has 1 fully saturated rings. The summed E-state index contributed by atoms with van der Waals surface area (Å²) < 4.78 is 12.5. The zero-order chi connectivity index (χ0) is 7.84. The van der Waals surface area contributed by atoms with E-state index in [-0.39, 0.29) is 11.7 Å². The van der Waals surface area contributed by atoms with Crippen LogP contribution in [0.5, 0.6) is 5.75 Å². The molecule has 0 spiro atoms. The highest BCUT2D eigenvalue weighted by atomic mass is 19.1. The molecule has 2 rings (SSSR count). The minimum atomic E-state index is -0.733. The SMILES string of the molecule is Oc1ccccc1C1CC1F. The van der Waals surface area contributed by atoms with Crippen molar-refractivity contribution in [1.82, 2.24) is 0 Å². The highest BCUT2D eigenvalue weighted by Crippen LogP contribution is 2.46. The number of para-hydroxylation sites is 1. The van der Waals surface area contributed by atoms with Crippen LogP contribution in [0.4, 0.5) is 4.39 Å². The molecule has 0 aromatic heterocycles. The summed E-state index contributed by atoms with van der Waals surface area (Å²) in [5.74, 6) is 0.175. The number of benzene rings is 1. The lowest BCUT2D eigenvalue weighted by Gasteiger charge is -1.99. The Morgan fingerprint density at radius 1 is 1.36 bits per heavy atom. The van der Waals surface area contributed by atoms with Crippen molar-refractivity contribution in [1.29, 1.82) is 0 Å². The summed E-state index contributed by atoms with van der Waals surface area (Å²) in [7, 11) is 0. The first-order chi connectivity index (χ1) is 5.29. The zero-order valence-electron chi connectivity index (χ0n) is 6.00. The van der Waals surface area contributed by atoms with Crippen LogP contribution in [0.2, 0.25) is 0 Å².